The second-order valence-electron chi connectivity index (χ2n) is 4.74. The van der Waals surface area contributed by atoms with E-state index >= 15 is 0 Å². The number of nitrogens with two attached hydrogens (primary N) is 1. The smallest absolute Gasteiger partial charge is 0.321 e. The van der Waals surface area contributed by atoms with Gasteiger partial charge in [-0.05, 0) is 20.3 Å². The molecule has 0 saturated carbocycles. The van der Waals surface area contributed by atoms with E-state index in [1.807, 2.05) is 0 Å². The van der Waals surface area contributed by atoms with Crippen molar-refractivity contribution >= 4 is 29.6 Å². The fraction of sp³-hybridized carbons (Fsp3) is 0.750. The molecule has 0 radical (unpaired) electrons. The van der Waals surface area contributed by atoms with Gasteiger partial charge in [-0.2, -0.15) is 0 Å². The van der Waals surface area contributed by atoms with E-state index in [0.29, 0.717) is 13.0 Å². The molecule has 0 bridgehead atoms. The lowest BCUT2D eigenvalue weighted by molar-refractivity contribution is -0.141. The first-order valence-electron chi connectivity index (χ1n) is 6.16. The van der Waals surface area contributed by atoms with Crippen LogP contribution in [-0.4, -0.2) is 53.1 Å². The number of carbonyl (C=O) groups excluding carboxylic acids is 2. The first-order valence-corrected chi connectivity index (χ1v) is 7.15. The average molecular weight is 306 g/mol. The van der Waals surface area contributed by atoms with Gasteiger partial charge in [0.25, 0.3) is 0 Å². The van der Waals surface area contributed by atoms with E-state index in [2.05, 4.69) is 10.1 Å². The number of carboxylic acid groups (broad SMARTS) is 1. The normalized spacial score (nSPS) is 12.6. The maximum absolute atomic E-state index is 11.6. The SMILES string of the molecule is COC(=O)CCCNC(=O)CSC(C)(C)[C@@H](N)C(=O)O. The maximum atomic E-state index is 11.6. The quantitative estimate of drug-likeness (QED) is 0.404. The van der Waals surface area contributed by atoms with Crippen LogP contribution in [0.25, 0.3) is 0 Å². The largest absolute Gasteiger partial charge is 0.480 e. The van der Waals surface area contributed by atoms with Gasteiger partial charge in [0.05, 0.1) is 12.9 Å². The molecule has 4 N–H and O–H groups in total. The summed E-state index contributed by atoms with van der Waals surface area (Å²) in [6.45, 7) is 3.74. The molecular weight excluding hydrogens is 284 g/mol. The number of esters is 1. The average Bonchev–Trinajstić information content (AvgIpc) is 2.39. The van der Waals surface area contributed by atoms with Crippen molar-refractivity contribution in [2.24, 2.45) is 5.73 Å². The number of methoxy groups -OCH3 is 1. The van der Waals surface area contributed by atoms with Crippen LogP contribution in [-0.2, 0) is 19.1 Å². The van der Waals surface area contributed by atoms with Crippen molar-refractivity contribution in [3.05, 3.63) is 0 Å². The number of rotatable bonds is 9. The maximum Gasteiger partial charge on any atom is 0.321 e. The zero-order valence-corrected chi connectivity index (χ0v) is 12.8. The molecule has 0 aromatic heterocycles. The highest BCUT2D eigenvalue weighted by molar-refractivity contribution is 8.01. The molecule has 0 saturated heterocycles. The number of hydrogen-bond donors (Lipinski definition) is 3. The predicted molar refractivity (Wildman–Crippen MR) is 76.4 cm³/mol. The number of ether oxygens (including phenoxy) is 1. The van der Waals surface area contributed by atoms with Gasteiger partial charge in [-0.3, -0.25) is 14.4 Å². The van der Waals surface area contributed by atoms with Crippen molar-refractivity contribution in [2.45, 2.75) is 37.5 Å². The lowest BCUT2D eigenvalue weighted by Gasteiger charge is -2.27. The summed E-state index contributed by atoms with van der Waals surface area (Å²) in [5.41, 5.74) is 5.55. The Balaban J connectivity index is 3.93. The van der Waals surface area contributed by atoms with Crippen LogP contribution < -0.4 is 11.1 Å². The fourth-order valence-electron chi connectivity index (χ4n) is 1.25. The number of aliphatic carboxylic acids is 1. The zero-order chi connectivity index (χ0) is 15.8. The van der Waals surface area contributed by atoms with Crippen molar-refractivity contribution in [3.63, 3.8) is 0 Å². The zero-order valence-electron chi connectivity index (χ0n) is 12.0. The monoisotopic (exact) mass is 306 g/mol. The lowest BCUT2D eigenvalue weighted by atomic mass is 10.1. The Morgan fingerprint density at radius 3 is 2.50 bits per heavy atom. The summed E-state index contributed by atoms with van der Waals surface area (Å²) in [6, 6.07) is -1.04. The third kappa shape index (κ3) is 7.34. The summed E-state index contributed by atoms with van der Waals surface area (Å²) in [5.74, 6) is -1.51. The number of carboxylic acids is 1. The van der Waals surface area contributed by atoms with E-state index in [1.54, 1.807) is 13.8 Å². The number of hydrogen-bond acceptors (Lipinski definition) is 6. The second-order valence-corrected chi connectivity index (χ2v) is 6.37. The van der Waals surface area contributed by atoms with Gasteiger partial charge in [-0.15, -0.1) is 11.8 Å². The minimum atomic E-state index is -1.10. The Morgan fingerprint density at radius 1 is 1.40 bits per heavy atom. The van der Waals surface area contributed by atoms with Gasteiger partial charge in [0.15, 0.2) is 0 Å². The molecule has 0 aliphatic heterocycles. The fourth-order valence-corrected chi connectivity index (χ4v) is 2.14. The van der Waals surface area contributed by atoms with E-state index in [0.717, 1.165) is 0 Å². The van der Waals surface area contributed by atoms with E-state index in [4.69, 9.17) is 10.8 Å². The van der Waals surface area contributed by atoms with Gasteiger partial charge in [0.1, 0.15) is 6.04 Å². The minimum Gasteiger partial charge on any atom is -0.480 e. The van der Waals surface area contributed by atoms with Crippen molar-refractivity contribution in [1.82, 2.24) is 5.32 Å². The molecule has 116 valence electrons. The Morgan fingerprint density at radius 2 is 2.00 bits per heavy atom. The third-order valence-electron chi connectivity index (χ3n) is 2.70. The van der Waals surface area contributed by atoms with Crippen LogP contribution in [0.1, 0.15) is 26.7 Å². The summed E-state index contributed by atoms with van der Waals surface area (Å²) in [6.07, 6.45) is 0.750. The van der Waals surface area contributed by atoms with E-state index in [-0.39, 0.29) is 24.1 Å². The molecule has 0 rings (SSSR count). The van der Waals surface area contributed by atoms with E-state index in [9.17, 15) is 14.4 Å². The number of thioether (sulfide) groups is 1. The standard InChI is InChI=1S/C12H22N2O5S/c1-12(2,10(13)11(17)18)20-7-8(15)14-6-4-5-9(16)19-3/h10H,4-7,13H2,1-3H3,(H,14,15)(H,17,18)/t10-/m0/s1. The van der Waals surface area contributed by atoms with Gasteiger partial charge in [0.2, 0.25) is 5.91 Å². The first-order chi connectivity index (χ1) is 9.20. The van der Waals surface area contributed by atoms with Crippen molar-refractivity contribution < 1.29 is 24.2 Å². The Kier molecular flexibility index (Phi) is 8.24. The Bertz CT molecular complexity index is 360. The van der Waals surface area contributed by atoms with Gasteiger partial charge >= 0.3 is 11.9 Å². The van der Waals surface area contributed by atoms with E-state index in [1.165, 1.54) is 18.9 Å². The third-order valence-corrected chi connectivity index (χ3v) is 4.10. The molecule has 0 aromatic carbocycles. The highest BCUT2D eigenvalue weighted by Gasteiger charge is 2.33. The van der Waals surface area contributed by atoms with Crippen LogP contribution in [0.5, 0.6) is 0 Å². The highest BCUT2D eigenvalue weighted by atomic mass is 32.2. The highest BCUT2D eigenvalue weighted by Crippen LogP contribution is 2.27. The van der Waals surface area contributed by atoms with Crippen LogP contribution >= 0.6 is 11.8 Å². The van der Waals surface area contributed by atoms with Gasteiger partial charge in [0, 0.05) is 17.7 Å². The van der Waals surface area contributed by atoms with Crippen LogP contribution in [0.15, 0.2) is 0 Å². The summed E-state index contributed by atoms with van der Waals surface area (Å²) in [4.78, 5) is 33.2. The predicted octanol–water partition coefficient (Wildman–Crippen LogP) is -0.0205. The van der Waals surface area contributed by atoms with Crippen molar-refractivity contribution in [1.29, 1.82) is 0 Å². The Hall–Kier alpha value is -1.28. The number of amides is 1. The van der Waals surface area contributed by atoms with Crippen LogP contribution in [0.2, 0.25) is 0 Å². The molecule has 0 fully saturated rings. The molecule has 1 atom stereocenters. The molecule has 0 aromatic rings. The molecule has 0 unspecified atom stereocenters. The Labute approximate surface area is 122 Å². The van der Waals surface area contributed by atoms with Gasteiger partial charge in [-0.25, -0.2) is 0 Å². The van der Waals surface area contributed by atoms with E-state index < -0.39 is 16.8 Å². The number of nitrogens with one attached hydrogen (secondary N) is 1. The molecule has 7 nitrogen and oxygen atoms in total. The van der Waals surface area contributed by atoms with Crippen molar-refractivity contribution in [3.8, 4) is 0 Å². The molecule has 0 aliphatic carbocycles. The molecule has 20 heavy (non-hydrogen) atoms. The molecular formula is C12H22N2O5S. The summed E-state index contributed by atoms with van der Waals surface area (Å²) in [5, 5.41) is 11.5. The van der Waals surface area contributed by atoms with Crippen molar-refractivity contribution in [2.75, 3.05) is 19.4 Å². The lowest BCUT2D eigenvalue weighted by Crippen LogP contribution is -2.47. The summed E-state index contributed by atoms with van der Waals surface area (Å²) in [7, 11) is 1.31. The van der Waals surface area contributed by atoms with Crippen LogP contribution in [0.4, 0.5) is 0 Å². The minimum absolute atomic E-state index is 0.117. The molecule has 0 aliphatic rings. The first kappa shape index (κ1) is 18.7. The molecule has 8 heteroatoms. The number of carbonyl (C=O) groups is 3. The summed E-state index contributed by atoms with van der Waals surface area (Å²) >= 11 is 1.18. The molecule has 0 spiro atoms. The van der Waals surface area contributed by atoms with Gasteiger partial charge in [-0.1, -0.05) is 0 Å². The molecule has 1 amide bonds. The molecule has 0 heterocycles. The van der Waals surface area contributed by atoms with Crippen LogP contribution in [0, 0.1) is 0 Å². The van der Waals surface area contributed by atoms with Gasteiger partial charge < -0.3 is 20.9 Å². The second kappa shape index (κ2) is 8.80. The van der Waals surface area contributed by atoms with Crippen LogP contribution in [0.3, 0.4) is 0 Å². The topological polar surface area (TPSA) is 119 Å². The summed E-state index contributed by atoms with van der Waals surface area (Å²) < 4.78 is 3.73.